The van der Waals surface area contributed by atoms with Gasteiger partial charge in [0.2, 0.25) is 10.0 Å². The number of aromatic amines is 1. The molecule has 0 atom stereocenters. The molecule has 0 amide bonds. The summed E-state index contributed by atoms with van der Waals surface area (Å²) >= 11 is 5.59. The van der Waals surface area contributed by atoms with Crippen LogP contribution in [0.15, 0.2) is 33.3 Å². The van der Waals surface area contributed by atoms with Gasteiger partial charge in [0.05, 0.1) is 11.4 Å². The summed E-state index contributed by atoms with van der Waals surface area (Å²) in [5, 5.41) is 1.51. The highest BCUT2D eigenvalue weighted by Gasteiger charge is 2.17. The second kappa shape index (κ2) is 6.02. The Bertz CT molecular complexity index is 842. The van der Waals surface area contributed by atoms with E-state index >= 15 is 0 Å². The van der Waals surface area contributed by atoms with Crippen LogP contribution < -0.4 is 15.3 Å². The zero-order valence-electron chi connectivity index (χ0n) is 10.4. The minimum atomic E-state index is -3.87. The Hall–Kier alpha value is -1.62. The molecule has 0 fully saturated rings. The van der Waals surface area contributed by atoms with Crippen molar-refractivity contribution in [3.63, 3.8) is 0 Å². The summed E-state index contributed by atoms with van der Waals surface area (Å²) in [5.74, 6) is -0.691. The van der Waals surface area contributed by atoms with E-state index in [4.69, 9.17) is 5.73 Å². The minimum Gasteiger partial charge on any atom is -0.389 e. The minimum absolute atomic E-state index is 0.0825. The van der Waals surface area contributed by atoms with Crippen molar-refractivity contribution >= 4 is 38.6 Å². The monoisotopic (exact) mass is 347 g/mol. The van der Waals surface area contributed by atoms with Crippen molar-refractivity contribution in [2.75, 3.05) is 0 Å². The molecular formula is C11H10FN3O3S3. The molecule has 0 bridgehead atoms. The second-order valence-corrected chi connectivity index (χ2v) is 7.05. The molecule has 1 heterocycles. The first kappa shape index (κ1) is 15.8. The molecule has 0 radical (unpaired) electrons. The number of hydrogen-bond acceptors (Lipinski definition) is 5. The molecule has 21 heavy (non-hydrogen) atoms. The number of nitrogens with one attached hydrogen (secondary N) is 2. The van der Waals surface area contributed by atoms with Crippen LogP contribution in [-0.2, 0) is 16.6 Å². The first-order valence-corrected chi connectivity index (χ1v) is 8.32. The number of H-pyrrole nitrogens is 1. The number of sulfonamides is 1. The SMILES string of the molecule is NC(=S)c1cc(S(=O)(=O)NCc2csc(=O)[nH]2)ccc1F. The summed E-state index contributed by atoms with van der Waals surface area (Å²) in [6.07, 6.45) is 0. The Morgan fingerprint density at radius 2 is 2.19 bits per heavy atom. The first-order valence-electron chi connectivity index (χ1n) is 5.55. The largest absolute Gasteiger partial charge is 0.389 e. The van der Waals surface area contributed by atoms with Crippen LogP contribution >= 0.6 is 23.6 Å². The molecule has 0 unspecified atom stereocenters. The highest BCUT2D eigenvalue weighted by molar-refractivity contribution is 7.89. The zero-order chi connectivity index (χ0) is 15.6. The summed E-state index contributed by atoms with van der Waals surface area (Å²) in [5.41, 5.74) is 5.63. The van der Waals surface area contributed by atoms with Gasteiger partial charge in [-0.1, -0.05) is 23.6 Å². The molecule has 6 nitrogen and oxygen atoms in total. The molecule has 2 aromatic rings. The molecule has 2 rings (SSSR count). The van der Waals surface area contributed by atoms with Crippen LogP contribution in [0.4, 0.5) is 4.39 Å². The summed E-state index contributed by atoms with van der Waals surface area (Å²) in [6, 6.07) is 3.15. The lowest BCUT2D eigenvalue weighted by molar-refractivity contribution is 0.579. The van der Waals surface area contributed by atoms with Crippen LogP contribution in [0.2, 0.25) is 0 Å². The summed E-state index contributed by atoms with van der Waals surface area (Å²) in [7, 11) is -3.87. The topological polar surface area (TPSA) is 105 Å². The van der Waals surface area contributed by atoms with Crippen molar-refractivity contribution in [3.8, 4) is 0 Å². The first-order chi connectivity index (χ1) is 9.79. The normalized spacial score (nSPS) is 11.5. The van der Waals surface area contributed by atoms with E-state index in [9.17, 15) is 17.6 Å². The molecule has 0 aliphatic carbocycles. The van der Waals surface area contributed by atoms with Gasteiger partial charge in [-0.05, 0) is 18.2 Å². The number of aromatic nitrogens is 1. The van der Waals surface area contributed by atoms with E-state index in [0.717, 1.165) is 29.5 Å². The fourth-order valence-electron chi connectivity index (χ4n) is 1.52. The Kier molecular flexibility index (Phi) is 4.52. The van der Waals surface area contributed by atoms with Crippen LogP contribution in [0.5, 0.6) is 0 Å². The lowest BCUT2D eigenvalue weighted by Crippen LogP contribution is -2.24. The van der Waals surface area contributed by atoms with Gasteiger partial charge in [0.15, 0.2) is 0 Å². The molecule has 0 saturated carbocycles. The third kappa shape index (κ3) is 3.73. The molecule has 0 aliphatic rings. The molecule has 1 aromatic heterocycles. The quantitative estimate of drug-likeness (QED) is 0.690. The molecule has 1 aromatic carbocycles. The summed E-state index contributed by atoms with van der Waals surface area (Å²) in [4.78, 5) is 12.8. The second-order valence-electron chi connectivity index (χ2n) is 4.00. The van der Waals surface area contributed by atoms with Gasteiger partial charge in [-0.15, -0.1) is 0 Å². The Labute approximate surface area is 128 Å². The lowest BCUT2D eigenvalue weighted by Gasteiger charge is -2.08. The lowest BCUT2D eigenvalue weighted by atomic mass is 10.2. The highest BCUT2D eigenvalue weighted by Crippen LogP contribution is 2.15. The van der Waals surface area contributed by atoms with Crippen molar-refractivity contribution in [2.24, 2.45) is 5.73 Å². The molecular weight excluding hydrogens is 337 g/mol. The van der Waals surface area contributed by atoms with Gasteiger partial charge in [0.1, 0.15) is 10.8 Å². The van der Waals surface area contributed by atoms with Gasteiger partial charge < -0.3 is 10.7 Å². The number of benzene rings is 1. The van der Waals surface area contributed by atoms with Crippen LogP contribution in [-0.4, -0.2) is 18.4 Å². The van der Waals surface area contributed by atoms with Gasteiger partial charge in [-0.3, -0.25) is 4.79 Å². The van der Waals surface area contributed by atoms with E-state index in [1.807, 2.05) is 0 Å². The molecule has 0 aliphatic heterocycles. The number of halogens is 1. The Balaban J connectivity index is 2.25. The maximum absolute atomic E-state index is 13.4. The van der Waals surface area contributed by atoms with Crippen molar-refractivity contribution in [1.29, 1.82) is 0 Å². The van der Waals surface area contributed by atoms with Crippen LogP contribution in [0, 0.1) is 5.82 Å². The third-order valence-electron chi connectivity index (χ3n) is 2.54. The van der Waals surface area contributed by atoms with E-state index in [0.29, 0.717) is 5.69 Å². The van der Waals surface area contributed by atoms with E-state index in [1.54, 1.807) is 0 Å². The number of rotatable bonds is 5. The number of thiocarbonyl (C=S) groups is 1. The van der Waals surface area contributed by atoms with Crippen LogP contribution in [0.1, 0.15) is 11.3 Å². The Morgan fingerprint density at radius 3 is 2.76 bits per heavy atom. The van der Waals surface area contributed by atoms with Gasteiger partial charge in [-0.25, -0.2) is 17.5 Å². The van der Waals surface area contributed by atoms with Crippen LogP contribution in [0.25, 0.3) is 0 Å². The van der Waals surface area contributed by atoms with Gasteiger partial charge in [-0.2, -0.15) is 0 Å². The molecule has 0 saturated heterocycles. The molecule has 10 heteroatoms. The fraction of sp³-hybridized carbons (Fsp3) is 0.0909. The average Bonchev–Trinajstić information content (AvgIpc) is 2.82. The summed E-state index contributed by atoms with van der Waals surface area (Å²) in [6.45, 7) is -0.0825. The molecule has 0 spiro atoms. The number of nitrogens with two attached hydrogens (primary N) is 1. The van der Waals surface area contributed by atoms with E-state index in [2.05, 4.69) is 21.9 Å². The smallest absolute Gasteiger partial charge is 0.304 e. The van der Waals surface area contributed by atoms with Crippen molar-refractivity contribution in [2.45, 2.75) is 11.4 Å². The Morgan fingerprint density at radius 1 is 1.48 bits per heavy atom. The third-order valence-corrected chi connectivity index (χ3v) is 4.87. The van der Waals surface area contributed by atoms with E-state index in [1.165, 1.54) is 5.38 Å². The summed E-state index contributed by atoms with van der Waals surface area (Å²) < 4.78 is 39.9. The number of thiazole rings is 1. The maximum Gasteiger partial charge on any atom is 0.304 e. The van der Waals surface area contributed by atoms with E-state index in [-0.39, 0.29) is 26.9 Å². The van der Waals surface area contributed by atoms with Gasteiger partial charge in [0.25, 0.3) is 0 Å². The van der Waals surface area contributed by atoms with Crippen molar-refractivity contribution in [1.82, 2.24) is 9.71 Å². The predicted octanol–water partition coefficient (Wildman–Crippen LogP) is 0.688. The standard InChI is InChI=1S/C11H10FN3O3S3/c12-9-2-1-7(3-8(9)10(13)19)21(17,18)14-4-6-5-20-11(16)15-6/h1-3,5,14H,4H2,(H2,13,19)(H,15,16). The zero-order valence-corrected chi connectivity index (χ0v) is 12.9. The average molecular weight is 347 g/mol. The van der Waals surface area contributed by atoms with Crippen molar-refractivity contribution < 1.29 is 12.8 Å². The fourth-order valence-corrected chi connectivity index (χ4v) is 3.29. The van der Waals surface area contributed by atoms with Gasteiger partial charge in [0, 0.05) is 16.6 Å². The van der Waals surface area contributed by atoms with Crippen molar-refractivity contribution in [3.05, 3.63) is 50.3 Å². The molecule has 4 N–H and O–H groups in total. The predicted molar refractivity (Wildman–Crippen MR) is 81.3 cm³/mol. The highest BCUT2D eigenvalue weighted by atomic mass is 32.2. The molecule has 112 valence electrons. The van der Waals surface area contributed by atoms with Gasteiger partial charge >= 0.3 is 4.87 Å². The number of hydrogen-bond donors (Lipinski definition) is 3. The van der Waals surface area contributed by atoms with Crippen LogP contribution in [0.3, 0.4) is 0 Å². The van der Waals surface area contributed by atoms with E-state index < -0.39 is 15.8 Å². The maximum atomic E-state index is 13.4.